The molecular formula is C23H25N3O5. The number of aromatic hydroxyl groups is 1. The largest absolute Gasteiger partial charge is 0.508 e. The number of hydrogen-bond acceptors (Lipinski definition) is 5. The number of benzene rings is 2. The van der Waals surface area contributed by atoms with Gasteiger partial charge in [0.2, 0.25) is 5.91 Å². The second-order valence-electron chi connectivity index (χ2n) is 7.42. The van der Waals surface area contributed by atoms with E-state index in [9.17, 15) is 24.3 Å². The molecule has 31 heavy (non-hydrogen) atoms. The number of phenolic OH excluding ortho intramolecular Hbond substituents is 1. The van der Waals surface area contributed by atoms with E-state index in [2.05, 4.69) is 10.6 Å². The summed E-state index contributed by atoms with van der Waals surface area (Å²) in [6, 6.07) is 11.2. The number of fused-ring (bicyclic) bond motifs is 1. The van der Waals surface area contributed by atoms with Crippen molar-refractivity contribution in [2.24, 2.45) is 0 Å². The van der Waals surface area contributed by atoms with Crippen molar-refractivity contribution >= 4 is 23.6 Å². The predicted molar refractivity (Wildman–Crippen MR) is 114 cm³/mol. The first-order valence-corrected chi connectivity index (χ1v) is 10.2. The summed E-state index contributed by atoms with van der Waals surface area (Å²) in [4.78, 5) is 49.9. The van der Waals surface area contributed by atoms with Crippen molar-refractivity contribution in [1.82, 2.24) is 15.5 Å². The van der Waals surface area contributed by atoms with E-state index in [-0.39, 0.29) is 42.3 Å². The van der Waals surface area contributed by atoms with Gasteiger partial charge in [0.15, 0.2) is 0 Å². The van der Waals surface area contributed by atoms with Gasteiger partial charge in [0.1, 0.15) is 5.75 Å². The van der Waals surface area contributed by atoms with Crippen LogP contribution in [0.25, 0.3) is 0 Å². The quantitative estimate of drug-likeness (QED) is 0.422. The molecule has 0 fully saturated rings. The summed E-state index contributed by atoms with van der Waals surface area (Å²) < 4.78 is 0. The first kappa shape index (κ1) is 22.0. The number of phenols is 1. The Kier molecular flexibility index (Phi) is 7.02. The van der Waals surface area contributed by atoms with Crippen LogP contribution in [-0.2, 0) is 4.79 Å². The zero-order valence-electron chi connectivity index (χ0n) is 17.3. The van der Waals surface area contributed by atoms with Crippen molar-refractivity contribution in [3.8, 4) is 5.75 Å². The van der Waals surface area contributed by atoms with Crippen molar-refractivity contribution in [2.75, 3.05) is 19.6 Å². The third-order valence-electron chi connectivity index (χ3n) is 4.98. The van der Waals surface area contributed by atoms with E-state index in [4.69, 9.17) is 0 Å². The van der Waals surface area contributed by atoms with Gasteiger partial charge in [-0.3, -0.25) is 24.1 Å². The molecule has 3 N–H and O–H groups in total. The number of imide groups is 1. The molecule has 0 aromatic heterocycles. The summed E-state index contributed by atoms with van der Waals surface area (Å²) in [6.07, 6.45) is 1.13. The molecule has 0 saturated heterocycles. The van der Waals surface area contributed by atoms with Crippen LogP contribution >= 0.6 is 0 Å². The number of rotatable bonds is 9. The van der Waals surface area contributed by atoms with Gasteiger partial charge in [-0.05, 0) is 50.1 Å². The first-order valence-electron chi connectivity index (χ1n) is 10.2. The average molecular weight is 423 g/mol. The van der Waals surface area contributed by atoms with E-state index in [1.54, 1.807) is 30.3 Å². The molecule has 0 bridgehead atoms. The van der Waals surface area contributed by atoms with E-state index in [0.29, 0.717) is 42.6 Å². The Balaban J connectivity index is 1.32. The minimum Gasteiger partial charge on any atom is -0.508 e. The summed E-state index contributed by atoms with van der Waals surface area (Å²) in [5.41, 5.74) is 2.11. The lowest BCUT2D eigenvalue weighted by Crippen LogP contribution is -2.32. The molecule has 2 aromatic rings. The van der Waals surface area contributed by atoms with Gasteiger partial charge in [-0.15, -0.1) is 0 Å². The fourth-order valence-electron chi connectivity index (χ4n) is 3.36. The SMILES string of the molecule is Cc1ccc2c(c1)C(=O)N(CCCC(=O)NCCCNC(=O)c1cccc(O)c1)C2=O. The molecule has 1 aliphatic heterocycles. The molecule has 4 amide bonds. The van der Waals surface area contributed by atoms with Gasteiger partial charge in [0.25, 0.3) is 17.7 Å². The van der Waals surface area contributed by atoms with Crippen molar-refractivity contribution in [3.63, 3.8) is 0 Å². The Bertz CT molecular complexity index is 1020. The standard InChI is InChI=1S/C23H25N3O5/c1-15-8-9-18-19(13-15)23(31)26(22(18)30)12-3-7-20(28)24-10-4-11-25-21(29)16-5-2-6-17(27)14-16/h2,5-6,8-9,13-14,27H,3-4,7,10-12H2,1H3,(H,24,28)(H,25,29). The van der Waals surface area contributed by atoms with E-state index in [1.807, 2.05) is 6.92 Å². The second-order valence-corrected chi connectivity index (χ2v) is 7.42. The lowest BCUT2D eigenvalue weighted by molar-refractivity contribution is -0.121. The summed E-state index contributed by atoms with van der Waals surface area (Å²) >= 11 is 0. The van der Waals surface area contributed by atoms with Crippen LogP contribution in [0.4, 0.5) is 0 Å². The zero-order valence-corrected chi connectivity index (χ0v) is 17.3. The topological polar surface area (TPSA) is 116 Å². The fourth-order valence-corrected chi connectivity index (χ4v) is 3.36. The maximum atomic E-state index is 12.4. The predicted octanol–water partition coefficient (Wildman–Crippen LogP) is 2.01. The van der Waals surface area contributed by atoms with Crippen molar-refractivity contribution in [3.05, 3.63) is 64.7 Å². The molecule has 0 unspecified atom stereocenters. The van der Waals surface area contributed by atoms with Crippen LogP contribution in [0.1, 0.15) is 55.9 Å². The first-order chi connectivity index (χ1) is 14.9. The summed E-state index contributed by atoms with van der Waals surface area (Å²) in [7, 11) is 0. The molecule has 0 aliphatic carbocycles. The van der Waals surface area contributed by atoms with E-state index < -0.39 is 0 Å². The molecule has 3 rings (SSSR count). The van der Waals surface area contributed by atoms with Gasteiger partial charge in [-0.1, -0.05) is 17.7 Å². The van der Waals surface area contributed by atoms with Crippen LogP contribution in [0, 0.1) is 6.92 Å². The maximum Gasteiger partial charge on any atom is 0.261 e. The molecule has 1 heterocycles. The van der Waals surface area contributed by atoms with Crippen LogP contribution in [-0.4, -0.2) is 53.3 Å². The van der Waals surface area contributed by atoms with Crippen molar-refractivity contribution in [1.29, 1.82) is 0 Å². The molecule has 8 nitrogen and oxygen atoms in total. The van der Waals surface area contributed by atoms with Gasteiger partial charge in [0, 0.05) is 31.6 Å². The Hall–Kier alpha value is -3.68. The molecule has 0 radical (unpaired) electrons. The van der Waals surface area contributed by atoms with Crippen LogP contribution in [0.5, 0.6) is 5.75 Å². The molecule has 162 valence electrons. The molecule has 0 saturated carbocycles. The number of nitrogens with one attached hydrogen (secondary N) is 2. The van der Waals surface area contributed by atoms with Crippen LogP contribution in [0.3, 0.4) is 0 Å². The zero-order chi connectivity index (χ0) is 22.4. The van der Waals surface area contributed by atoms with Crippen LogP contribution in [0.15, 0.2) is 42.5 Å². The van der Waals surface area contributed by atoms with Gasteiger partial charge >= 0.3 is 0 Å². The maximum absolute atomic E-state index is 12.4. The Morgan fingerprint density at radius 3 is 2.45 bits per heavy atom. The molecule has 1 aliphatic rings. The normalized spacial score (nSPS) is 12.6. The Morgan fingerprint density at radius 1 is 0.935 bits per heavy atom. The number of carbonyl (C=O) groups excluding carboxylic acids is 4. The molecule has 0 atom stereocenters. The third-order valence-corrected chi connectivity index (χ3v) is 4.98. The summed E-state index contributed by atoms with van der Waals surface area (Å²) in [5.74, 6) is -1.07. The fraction of sp³-hybridized carbons (Fsp3) is 0.304. The second kappa shape index (κ2) is 9.88. The molecular weight excluding hydrogens is 398 g/mol. The lowest BCUT2D eigenvalue weighted by atomic mass is 10.1. The third kappa shape index (κ3) is 5.48. The highest BCUT2D eigenvalue weighted by Gasteiger charge is 2.34. The van der Waals surface area contributed by atoms with E-state index >= 15 is 0 Å². The monoisotopic (exact) mass is 423 g/mol. The van der Waals surface area contributed by atoms with Crippen molar-refractivity contribution in [2.45, 2.75) is 26.2 Å². The number of carbonyl (C=O) groups is 4. The van der Waals surface area contributed by atoms with Gasteiger partial charge in [0.05, 0.1) is 11.1 Å². The number of amides is 4. The minimum atomic E-state index is -0.317. The van der Waals surface area contributed by atoms with Gasteiger partial charge < -0.3 is 15.7 Å². The van der Waals surface area contributed by atoms with Crippen LogP contribution < -0.4 is 10.6 Å². The number of nitrogens with zero attached hydrogens (tertiary/aromatic N) is 1. The molecule has 8 heteroatoms. The molecule has 0 spiro atoms. The van der Waals surface area contributed by atoms with Crippen molar-refractivity contribution < 1.29 is 24.3 Å². The number of aryl methyl sites for hydroxylation is 1. The van der Waals surface area contributed by atoms with E-state index in [0.717, 1.165) is 5.56 Å². The highest BCUT2D eigenvalue weighted by atomic mass is 16.3. The molecule has 2 aromatic carbocycles. The summed E-state index contributed by atoms with van der Waals surface area (Å²) in [6.45, 7) is 2.83. The van der Waals surface area contributed by atoms with E-state index in [1.165, 1.54) is 17.0 Å². The average Bonchev–Trinajstić information content (AvgIpc) is 2.97. The smallest absolute Gasteiger partial charge is 0.261 e. The van der Waals surface area contributed by atoms with Gasteiger partial charge in [-0.25, -0.2) is 0 Å². The highest BCUT2D eigenvalue weighted by Crippen LogP contribution is 2.24. The summed E-state index contributed by atoms with van der Waals surface area (Å²) in [5, 5.41) is 14.9. The highest BCUT2D eigenvalue weighted by molar-refractivity contribution is 6.21. The number of hydrogen-bond donors (Lipinski definition) is 3. The van der Waals surface area contributed by atoms with Gasteiger partial charge in [-0.2, -0.15) is 0 Å². The Morgan fingerprint density at radius 2 is 1.68 bits per heavy atom. The lowest BCUT2D eigenvalue weighted by Gasteiger charge is -2.13. The minimum absolute atomic E-state index is 0.0243. The Labute approximate surface area is 180 Å². The van der Waals surface area contributed by atoms with Crippen LogP contribution in [0.2, 0.25) is 0 Å².